The Balaban J connectivity index is 1.78. The van der Waals surface area contributed by atoms with E-state index in [1.54, 1.807) is 30.4 Å². The minimum atomic E-state index is -0.372. The number of rotatable bonds is 5. The molecule has 1 aromatic carbocycles. The summed E-state index contributed by atoms with van der Waals surface area (Å²) in [6, 6.07) is 9.19. The van der Waals surface area contributed by atoms with Crippen molar-refractivity contribution in [3.63, 3.8) is 0 Å². The van der Waals surface area contributed by atoms with Crippen molar-refractivity contribution >= 4 is 22.3 Å². The zero-order valence-corrected chi connectivity index (χ0v) is 13.2. The van der Waals surface area contributed by atoms with Gasteiger partial charge in [-0.15, -0.1) is 11.3 Å². The third kappa shape index (κ3) is 3.05. The molecule has 0 spiro atoms. The highest BCUT2D eigenvalue weighted by molar-refractivity contribution is 7.09. The lowest BCUT2D eigenvalue weighted by molar-refractivity contribution is -0.669. The number of quaternary nitrogens is 1. The summed E-state index contributed by atoms with van der Waals surface area (Å²) in [4.78, 5) is 13.1. The van der Waals surface area contributed by atoms with Gasteiger partial charge in [0, 0.05) is 33.9 Å². The number of aromatic hydroxyl groups is 1. The number of phenols is 1. The molecule has 0 saturated carbocycles. The number of phenolic OH excluding ortho intramolecular Hbond substituents is 1. The molecular formula is C17H18NO3S+. The van der Waals surface area contributed by atoms with Crippen molar-refractivity contribution in [2.45, 2.75) is 19.9 Å². The van der Waals surface area contributed by atoms with E-state index in [-0.39, 0.29) is 11.4 Å². The second-order valence-electron chi connectivity index (χ2n) is 5.29. The zero-order chi connectivity index (χ0) is 15.5. The van der Waals surface area contributed by atoms with Gasteiger partial charge in [0.15, 0.2) is 0 Å². The quantitative estimate of drug-likeness (QED) is 0.560. The lowest BCUT2D eigenvalue weighted by Gasteiger charge is -2.07. The topological polar surface area (TPSA) is 67.1 Å². The van der Waals surface area contributed by atoms with Gasteiger partial charge in [0.25, 0.3) is 0 Å². The van der Waals surface area contributed by atoms with E-state index >= 15 is 0 Å². The summed E-state index contributed by atoms with van der Waals surface area (Å²) in [6.07, 6.45) is 1.02. The summed E-state index contributed by atoms with van der Waals surface area (Å²) in [6.45, 7) is 3.45. The molecule has 0 amide bonds. The zero-order valence-electron chi connectivity index (χ0n) is 12.3. The molecule has 0 bridgehead atoms. The maximum absolute atomic E-state index is 11.7. The van der Waals surface area contributed by atoms with E-state index in [4.69, 9.17) is 4.42 Å². The normalized spacial score (nSPS) is 11.1. The fourth-order valence-electron chi connectivity index (χ4n) is 2.54. The number of hydrogen-bond donors (Lipinski definition) is 2. The van der Waals surface area contributed by atoms with Gasteiger partial charge in [-0.2, -0.15) is 0 Å². The number of nitrogens with two attached hydrogens (primary N) is 1. The summed E-state index contributed by atoms with van der Waals surface area (Å²) in [5.74, 6) is 0.148. The van der Waals surface area contributed by atoms with Crippen LogP contribution in [0.25, 0.3) is 11.0 Å². The van der Waals surface area contributed by atoms with Crippen molar-refractivity contribution < 1.29 is 14.8 Å². The molecule has 0 aliphatic carbocycles. The third-order valence-electron chi connectivity index (χ3n) is 3.76. The van der Waals surface area contributed by atoms with Crippen LogP contribution in [-0.2, 0) is 13.0 Å². The predicted octanol–water partition coefficient (Wildman–Crippen LogP) is 2.17. The number of benzene rings is 1. The van der Waals surface area contributed by atoms with Crippen molar-refractivity contribution in [1.29, 1.82) is 0 Å². The molecule has 5 heteroatoms. The summed E-state index contributed by atoms with van der Waals surface area (Å²) in [5.41, 5.74) is 1.66. The van der Waals surface area contributed by atoms with E-state index in [1.165, 1.54) is 4.88 Å². The summed E-state index contributed by atoms with van der Waals surface area (Å²) >= 11 is 1.76. The van der Waals surface area contributed by atoms with E-state index in [9.17, 15) is 9.90 Å². The Hall–Kier alpha value is -2.11. The van der Waals surface area contributed by atoms with Crippen LogP contribution in [0.2, 0.25) is 0 Å². The molecule has 3 N–H and O–H groups in total. The molecule has 0 saturated heterocycles. The highest BCUT2D eigenvalue weighted by Crippen LogP contribution is 2.26. The first-order valence-electron chi connectivity index (χ1n) is 7.24. The van der Waals surface area contributed by atoms with Gasteiger partial charge < -0.3 is 14.8 Å². The van der Waals surface area contributed by atoms with Gasteiger partial charge >= 0.3 is 5.63 Å². The molecule has 3 aromatic rings. The molecule has 2 heterocycles. The van der Waals surface area contributed by atoms with Crippen LogP contribution in [0.4, 0.5) is 0 Å². The standard InChI is InChI=1S/C17H17NO3S/c1-11-15(19)5-4-14-12(9-16(20)21-17(11)14)10-18-7-6-13-3-2-8-22-13/h2-5,8-9,18-19H,6-7,10H2,1H3/p+1. The molecular weight excluding hydrogens is 298 g/mol. The minimum absolute atomic E-state index is 0.148. The van der Waals surface area contributed by atoms with Gasteiger partial charge in [-0.05, 0) is 30.5 Å². The molecule has 114 valence electrons. The van der Waals surface area contributed by atoms with Gasteiger partial charge in [-0.1, -0.05) is 6.07 Å². The third-order valence-corrected chi connectivity index (χ3v) is 4.69. The highest BCUT2D eigenvalue weighted by atomic mass is 32.1. The van der Waals surface area contributed by atoms with Crippen LogP contribution in [0.3, 0.4) is 0 Å². The molecule has 3 rings (SSSR count). The van der Waals surface area contributed by atoms with Crippen molar-refractivity contribution in [3.8, 4) is 5.75 Å². The number of hydrogen-bond acceptors (Lipinski definition) is 4. The second-order valence-corrected chi connectivity index (χ2v) is 6.32. The first-order chi connectivity index (χ1) is 10.6. The summed E-state index contributed by atoms with van der Waals surface area (Å²) < 4.78 is 5.25. The van der Waals surface area contributed by atoms with E-state index in [2.05, 4.69) is 22.8 Å². The van der Waals surface area contributed by atoms with E-state index in [1.807, 2.05) is 6.07 Å². The van der Waals surface area contributed by atoms with E-state index in [0.717, 1.165) is 30.5 Å². The first kappa shape index (κ1) is 14.8. The fraction of sp³-hybridized carbons (Fsp3) is 0.235. The van der Waals surface area contributed by atoms with Crippen molar-refractivity contribution in [1.82, 2.24) is 0 Å². The van der Waals surface area contributed by atoms with Crippen LogP contribution in [0.1, 0.15) is 16.0 Å². The fourth-order valence-corrected chi connectivity index (χ4v) is 3.27. The Morgan fingerprint density at radius 1 is 1.32 bits per heavy atom. The predicted molar refractivity (Wildman–Crippen MR) is 87.4 cm³/mol. The maximum atomic E-state index is 11.7. The maximum Gasteiger partial charge on any atom is 0.336 e. The van der Waals surface area contributed by atoms with E-state index < -0.39 is 0 Å². The van der Waals surface area contributed by atoms with Crippen LogP contribution in [0, 0.1) is 6.92 Å². The number of fused-ring (bicyclic) bond motifs is 1. The van der Waals surface area contributed by atoms with Crippen molar-refractivity contribution in [2.24, 2.45) is 0 Å². The Morgan fingerprint density at radius 3 is 2.95 bits per heavy atom. The molecule has 0 atom stereocenters. The van der Waals surface area contributed by atoms with Gasteiger partial charge in [0.1, 0.15) is 17.9 Å². The Bertz CT molecular complexity index is 837. The van der Waals surface area contributed by atoms with Gasteiger partial charge in [-0.3, -0.25) is 0 Å². The second kappa shape index (κ2) is 6.34. The number of thiophene rings is 1. The Kier molecular flexibility index (Phi) is 4.27. The van der Waals surface area contributed by atoms with Crippen molar-refractivity contribution in [3.05, 3.63) is 62.1 Å². The average molecular weight is 316 g/mol. The Morgan fingerprint density at radius 2 is 2.18 bits per heavy atom. The molecule has 0 fully saturated rings. The Labute approximate surface area is 132 Å². The number of aryl methyl sites for hydroxylation is 1. The van der Waals surface area contributed by atoms with Crippen LogP contribution >= 0.6 is 11.3 Å². The summed E-state index contributed by atoms with van der Waals surface area (Å²) in [5, 5.41) is 14.9. The minimum Gasteiger partial charge on any atom is -0.508 e. The van der Waals surface area contributed by atoms with Crippen LogP contribution < -0.4 is 10.9 Å². The average Bonchev–Trinajstić information content (AvgIpc) is 3.01. The van der Waals surface area contributed by atoms with Gasteiger partial charge in [-0.25, -0.2) is 4.79 Å². The van der Waals surface area contributed by atoms with E-state index in [0.29, 0.717) is 11.1 Å². The molecule has 0 unspecified atom stereocenters. The first-order valence-corrected chi connectivity index (χ1v) is 8.12. The molecule has 0 aliphatic heterocycles. The van der Waals surface area contributed by atoms with Crippen LogP contribution in [0.5, 0.6) is 5.75 Å². The SMILES string of the molecule is Cc1c(O)ccc2c(C[NH2+]CCc3cccs3)cc(=O)oc12. The van der Waals surface area contributed by atoms with Gasteiger partial charge in [0.2, 0.25) is 0 Å². The largest absolute Gasteiger partial charge is 0.508 e. The summed E-state index contributed by atoms with van der Waals surface area (Å²) in [7, 11) is 0. The molecule has 0 radical (unpaired) electrons. The molecule has 2 aromatic heterocycles. The van der Waals surface area contributed by atoms with Crippen LogP contribution in [-0.4, -0.2) is 11.7 Å². The molecule has 4 nitrogen and oxygen atoms in total. The van der Waals surface area contributed by atoms with Crippen molar-refractivity contribution in [2.75, 3.05) is 6.54 Å². The monoisotopic (exact) mass is 316 g/mol. The lowest BCUT2D eigenvalue weighted by atomic mass is 10.1. The highest BCUT2D eigenvalue weighted by Gasteiger charge is 2.11. The van der Waals surface area contributed by atoms with Gasteiger partial charge in [0.05, 0.1) is 6.54 Å². The smallest absolute Gasteiger partial charge is 0.336 e. The lowest BCUT2D eigenvalue weighted by Crippen LogP contribution is -2.83. The van der Waals surface area contributed by atoms with Crippen LogP contribution in [0.15, 0.2) is 44.9 Å². The molecule has 22 heavy (non-hydrogen) atoms. The molecule has 0 aliphatic rings.